The highest BCUT2D eigenvalue weighted by atomic mass is 16.7. The summed E-state index contributed by atoms with van der Waals surface area (Å²) < 4.78 is 25.2. The summed E-state index contributed by atoms with van der Waals surface area (Å²) >= 11 is 0. The van der Waals surface area contributed by atoms with Gasteiger partial charge in [0.05, 0.1) is 18.8 Å². The van der Waals surface area contributed by atoms with E-state index in [1.165, 1.54) is 5.57 Å². The molecule has 5 aliphatic rings. The summed E-state index contributed by atoms with van der Waals surface area (Å²) in [5.41, 5.74) is 0.783. The fourth-order valence-electron chi connectivity index (χ4n) is 6.85. The van der Waals surface area contributed by atoms with Crippen molar-refractivity contribution in [1.29, 1.82) is 0 Å². The molecule has 0 aromatic rings. The Morgan fingerprint density at radius 3 is 2.66 bits per heavy atom. The minimum absolute atomic E-state index is 0.0526. The number of ether oxygens (including phenoxy) is 4. The summed E-state index contributed by atoms with van der Waals surface area (Å²) in [4.78, 5) is 13.8. The van der Waals surface area contributed by atoms with Crippen LogP contribution in [0.5, 0.6) is 0 Å². The number of esters is 1. The van der Waals surface area contributed by atoms with Crippen LogP contribution in [0.1, 0.15) is 73.1 Å². The molecular formula is C31H44O7. The predicted octanol–water partition coefficient (Wildman–Crippen LogP) is 4.53. The van der Waals surface area contributed by atoms with Gasteiger partial charge in [0, 0.05) is 19.3 Å². The predicted molar refractivity (Wildman–Crippen MR) is 143 cm³/mol. The van der Waals surface area contributed by atoms with Crippen LogP contribution in [0.15, 0.2) is 47.1 Å². The van der Waals surface area contributed by atoms with E-state index in [4.69, 9.17) is 18.9 Å². The molecule has 0 saturated carbocycles. The Bertz CT molecular complexity index is 1040. The first kappa shape index (κ1) is 27.8. The number of allylic oxidation sites excluding steroid dienone is 4. The van der Waals surface area contributed by atoms with Gasteiger partial charge in [-0.3, -0.25) is 4.79 Å². The minimum Gasteiger partial charge on any atom is -0.462 e. The first-order chi connectivity index (χ1) is 18.0. The van der Waals surface area contributed by atoms with Crippen LogP contribution in [-0.4, -0.2) is 64.7 Å². The Hall–Kier alpha value is -1.77. The molecular weight excluding hydrogens is 484 g/mol. The zero-order valence-corrected chi connectivity index (χ0v) is 23.4. The van der Waals surface area contributed by atoms with Gasteiger partial charge >= 0.3 is 5.97 Å². The molecule has 7 heteroatoms. The molecule has 3 fully saturated rings. The first-order valence-corrected chi connectivity index (χ1v) is 14.3. The quantitative estimate of drug-likeness (QED) is 0.352. The Balaban J connectivity index is 1.51. The van der Waals surface area contributed by atoms with Crippen molar-refractivity contribution >= 4 is 5.97 Å². The molecule has 2 unspecified atom stereocenters. The van der Waals surface area contributed by atoms with Gasteiger partial charge in [-0.2, -0.15) is 0 Å². The van der Waals surface area contributed by atoms with Gasteiger partial charge in [-0.15, -0.1) is 0 Å². The Morgan fingerprint density at radius 2 is 1.89 bits per heavy atom. The number of rotatable bonds is 0. The Kier molecular flexibility index (Phi) is 7.79. The molecule has 7 nitrogen and oxygen atoms in total. The highest BCUT2D eigenvalue weighted by molar-refractivity contribution is 5.78. The molecule has 4 aliphatic heterocycles. The van der Waals surface area contributed by atoms with Crippen molar-refractivity contribution in [3.8, 4) is 0 Å². The summed E-state index contributed by atoms with van der Waals surface area (Å²) in [7, 11) is 0. The van der Waals surface area contributed by atoms with Crippen LogP contribution < -0.4 is 0 Å². The molecule has 38 heavy (non-hydrogen) atoms. The van der Waals surface area contributed by atoms with Crippen molar-refractivity contribution in [3.63, 3.8) is 0 Å². The molecule has 4 heterocycles. The molecule has 0 aromatic heterocycles. The molecule has 2 bridgehead atoms. The fraction of sp³-hybridized carbons (Fsp3) is 0.710. The molecule has 5 rings (SSSR count). The van der Waals surface area contributed by atoms with Gasteiger partial charge in [0.2, 0.25) is 0 Å². The molecule has 0 amide bonds. The van der Waals surface area contributed by atoms with Crippen molar-refractivity contribution in [2.45, 2.75) is 115 Å². The smallest absolute Gasteiger partial charge is 0.316 e. The topological polar surface area (TPSA) is 94.5 Å². The zero-order valence-electron chi connectivity index (χ0n) is 23.4. The number of hydrogen-bond donors (Lipinski definition) is 2. The molecule has 0 radical (unpaired) electrons. The lowest BCUT2D eigenvalue weighted by atomic mass is 9.71. The van der Waals surface area contributed by atoms with Gasteiger partial charge < -0.3 is 29.2 Å². The van der Waals surface area contributed by atoms with Crippen molar-refractivity contribution in [3.05, 3.63) is 47.1 Å². The molecule has 10 atom stereocenters. The first-order valence-electron chi connectivity index (χ1n) is 14.3. The molecule has 210 valence electrons. The van der Waals surface area contributed by atoms with Gasteiger partial charge in [-0.1, -0.05) is 49.8 Å². The van der Waals surface area contributed by atoms with Crippen LogP contribution in [0.4, 0.5) is 0 Å². The van der Waals surface area contributed by atoms with Crippen molar-refractivity contribution < 1.29 is 34.0 Å². The maximum Gasteiger partial charge on any atom is 0.316 e. The summed E-state index contributed by atoms with van der Waals surface area (Å²) in [5, 5.41) is 22.8. The number of carbonyl (C=O) groups excluding carboxylic acids is 1. The average molecular weight is 529 g/mol. The second-order valence-corrected chi connectivity index (χ2v) is 12.4. The fourth-order valence-corrected chi connectivity index (χ4v) is 6.85. The van der Waals surface area contributed by atoms with Gasteiger partial charge in [-0.05, 0) is 63.0 Å². The standard InChI is InChI=1S/C31H44O7/c1-18-7-6-8-23-17-35-28-27(32)21(4)14-26(31(23,28)34)29(33)36-25-15-24(10-9-19(2)13-18)38-30(16-25)12-11-20(3)22(5)37-30/h6-9,14,18,20,22,24-28,32,34H,10-13,15-17H2,1-5H3/b7-6+,19-9+,23-8+/t18-,20-,22+,24+,25-,26?,27?,28+,30-,31+/m0/s1. The second-order valence-electron chi connectivity index (χ2n) is 12.4. The van der Waals surface area contributed by atoms with Crippen molar-refractivity contribution in [1.82, 2.24) is 0 Å². The molecule has 1 spiro atoms. The van der Waals surface area contributed by atoms with E-state index in [-0.39, 0.29) is 18.8 Å². The zero-order chi connectivity index (χ0) is 27.2. The number of fused-ring (bicyclic) bond motifs is 2. The van der Waals surface area contributed by atoms with Gasteiger partial charge in [0.25, 0.3) is 0 Å². The normalized spacial score (nSPS) is 49.7. The highest BCUT2D eigenvalue weighted by Crippen LogP contribution is 2.47. The number of aliphatic hydroxyl groups excluding tert-OH is 1. The summed E-state index contributed by atoms with van der Waals surface area (Å²) in [6.07, 6.45) is 11.8. The third kappa shape index (κ3) is 5.20. The van der Waals surface area contributed by atoms with E-state index in [1.807, 2.05) is 12.2 Å². The maximum absolute atomic E-state index is 13.8. The number of carbonyl (C=O) groups is 1. The summed E-state index contributed by atoms with van der Waals surface area (Å²) in [6, 6.07) is 0. The summed E-state index contributed by atoms with van der Waals surface area (Å²) in [5.74, 6) is -1.53. The van der Waals surface area contributed by atoms with E-state index < -0.39 is 41.6 Å². The van der Waals surface area contributed by atoms with Crippen LogP contribution in [0.25, 0.3) is 0 Å². The second kappa shape index (κ2) is 10.7. The van der Waals surface area contributed by atoms with E-state index in [0.29, 0.717) is 35.8 Å². The minimum atomic E-state index is -1.68. The largest absolute Gasteiger partial charge is 0.462 e. The van der Waals surface area contributed by atoms with E-state index in [0.717, 1.165) is 25.7 Å². The lowest BCUT2D eigenvalue weighted by Gasteiger charge is -2.49. The molecule has 2 N–H and O–H groups in total. The van der Waals surface area contributed by atoms with E-state index in [9.17, 15) is 15.0 Å². The van der Waals surface area contributed by atoms with E-state index >= 15 is 0 Å². The van der Waals surface area contributed by atoms with Gasteiger partial charge in [0.15, 0.2) is 5.79 Å². The van der Waals surface area contributed by atoms with Crippen LogP contribution >= 0.6 is 0 Å². The maximum atomic E-state index is 13.8. The third-order valence-electron chi connectivity index (χ3n) is 9.30. The van der Waals surface area contributed by atoms with Crippen molar-refractivity contribution in [2.24, 2.45) is 17.8 Å². The van der Waals surface area contributed by atoms with Crippen LogP contribution in [0.2, 0.25) is 0 Å². The summed E-state index contributed by atoms with van der Waals surface area (Å²) in [6.45, 7) is 10.5. The number of aliphatic hydroxyl groups is 2. The third-order valence-corrected chi connectivity index (χ3v) is 9.30. The van der Waals surface area contributed by atoms with Gasteiger partial charge in [-0.25, -0.2) is 0 Å². The van der Waals surface area contributed by atoms with Gasteiger partial charge in [0.1, 0.15) is 29.8 Å². The lowest BCUT2D eigenvalue weighted by Crippen LogP contribution is -2.58. The van der Waals surface area contributed by atoms with Crippen LogP contribution in [0, 0.1) is 17.8 Å². The lowest BCUT2D eigenvalue weighted by molar-refractivity contribution is -0.332. The molecule has 3 saturated heterocycles. The number of hydrogen-bond acceptors (Lipinski definition) is 7. The van der Waals surface area contributed by atoms with Crippen LogP contribution in [0.3, 0.4) is 0 Å². The highest BCUT2D eigenvalue weighted by Gasteiger charge is 2.60. The van der Waals surface area contributed by atoms with Crippen LogP contribution in [-0.2, 0) is 23.7 Å². The molecule has 0 aromatic carbocycles. The SMILES string of the molecule is CC1=CC2C(=O)O[C@H]3C[C@@H](C/C=C(\C)C[C@@H](C)/C=C/C=C4\CO[C@H](C1O)[C@@]42O)O[C@@]1(CC[C@H](C)[C@@H](C)O1)C3. The average Bonchev–Trinajstić information content (AvgIpc) is 3.19. The Morgan fingerprint density at radius 1 is 1.11 bits per heavy atom. The van der Waals surface area contributed by atoms with Crippen molar-refractivity contribution in [2.75, 3.05) is 6.61 Å². The van der Waals surface area contributed by atoms with E-state index in [1.54, 1.807) is 13.0 Å². The monoisotopic (exact) mass is 528 g/mol. The Labute approximate surface area is 226 Å². The molecule has 1 aliphatic carbocycles. The van der Waals surface area contributed by atoms with E-state index in [2.05, 4.69) is 39.8 Å².